The molecule has 0 spiro atoms. The highest BCUT2D eigenvalue weighted by molar-refractivity contribution is 5.88. The molecular weight excluding hydrogens is 235 g/mol. The number of ether oxygens (including phenoxy) is 1. The Kier molecular flexibility index (Phi) is 3.57. The fourth-order valence-electron chi connectivity index (χ4n) is 1.51. The van der Waals surface area contributed by atoms with E-state index in [1.54, 1.807) is 12.1 Å². The first-order valence-corrected chi connectivity index (χ1v) is 5.36. The molecule has 0 radical (unpaired) electrons. The van der Waals surface area contributed by atoms with Gasteiger partial charge in [-0.05, 0) is 29.8 Å². The molecule has 0 aliphatic carbocycles. The van der Waals surface area contributed by atoms with Gasteiger partial charge in [-0.2, -0.15) is 0 Å². The number of carboxylic acid groups (broad SMARTS) is 1. The van der Waals surface area contributed by atoms with Crippen molar-refractivity contribution in [2.75, 3.05) is 0 Å². The molecule has 0 saturated heterocycles. The molecule has 2 aromatic carbocycles. The van der Waals surface area contributed by atoms with Crippen LogP contribution in [0.1, 0.15) is 15.9 Å². The third kappa shape index (κ3) is 2.85. The van der Waals surface area contributed by atoms with Gasteiger partial charge in [0.15, 0.2) is 0 Å². The molecule has 2 aromatic rings. The van der Waals surface area contributed by atoms with E-state index in [0.29, 0.717) is 11.3 Å². The summed E-state index contributed by atoms with van der Waals surface area (Å²) in [6.07, 6.45) is 0. The third-order valence-electron chi connectivity index (χ3n) is 2.41. The van der Waals surface area contributed by atoms with E-state index >= 15 is 0 Å². The third-order valence-corrected chi connectivity index (χ3v) is 2.41. The summed E-state index contributed by atoms with van der Waals surface area (Å²) in [5.41, 5.74) is 0.266. The Morgan fingerprint density at radius 3 is 2.56 bits per heavy atom. The molecule has 0 saturated carbocycles. The summed E-state index contributed by atoms with van der Waals surface area (Å²) in [5, 5.41) is 8.79. The van der Waals surface area contributed by atoms with Crippen LogP contribution in [0.3, 0.4) is 0 Å². The summed E-state index contributed by atoms with van der Waals surface area (Å²) in [6, 6.07) is 13.0. The van der Waals surface area contributed by atoms with Crippen molar-refractivity contribution in [1.82, 2.24) is 0 Å². The van der Waals surface area contributed by atoms with Crippen molar-refractivity contribution in [3.05, 3.63) is 65.5 Å². The maximum absolute atomic E-state index is 13.2. The molecule has 0 atom stereocenters. The first-order chi connectivity index (χ1) is 8.66. The number of hydrogen-bond acceptors (Lipinski definition) is 2. The van der Waals surface area contributed by atoms with E-state index in [9.17, 15) is 9.18 Å². The summed E-state index contributed by atoms with van der Waals surface area (Å²) in [5.74, 6) is -1.35. The Morgan fingerprint density at radius 1 is 1.17 bits per heavy atom. The molecule has 0 aliphatic heterocycles. The summed E-state index contributed by atoms with van der Waals surface area (Å²) < 4.78 is 18.6. The van der Waals surface area contributed by atoms with E-state index in [-0.39, 0.29) is 12.2 Å². The van der Waals surface area contributed by atoms with Gasteiger partial charge in [-0.1, -0.05) is 24.3 Å². The molecule has 2 rings (SSSR count). The van der Waals surface area contributed by atoms with E-state index in [1.165, 1.54) is 12.1 Å². The lowest BCUT2D eigenvalue weighted by molar-refractivity contribution is 0.0691. The number of hydrogen-bond donors (Lipinski definition) is 1. The van der Waals surface area contributed by atoms with Gasteiger partial charge in [0.05, 0.1) is 5.56 Å². The predicted octanol–water partition coefficient (Wildman–Crippen LogP) is 3.10. The summed E-state index contributed by atoms with van der Waals surface area (Å²) in [7, 11) is 0. The summed E-state index contributed by atoms with van der Waals surface area (Å²) in [6.45, 7) is 0.199. The highest BCUT2D eigenvalue weighted by Gasteiger charge is 2.10. The maximum Gasteiger partial charge on any atom is 0.338 e. The van der Waals surface area contributed by atoms with E-state index in [0.717, 1.165) is 6.07 Å². The fourth-order valence-corrected chi connectivity index (χ4v) is 1.51. The van der Waals surface area contributed by atoms with Gasteiger partial charge in [0.25, 0.3) is 0 Å². The van der Waals surface area contributed by atoms with Crippen LogP contribution in [-0.4, -0.2) is 11.1 Å². The van der Waals surface area contributed by atoms with Gasteiger partial charge in [-0.3, -0.25) is 0 Å². The number of aromatic carboxylic acids is 1. The minimum absolute atomic E-state index is 0.199. The van der Waals surface area contributed by atoms with Crippen LogP contribution in [0.15, 0.2) is 48.5 Å². The maximum atomic E-state index is 13.2. The molecule has 18 heavy (non-hydrogen) atoms. The molecule has 4 heteroatoms. The van der Waals surface area contributed by atoms with Gasteiger partial charge in [0, 0.05) is 0 Å². The lowest BCUT2D eigenvalue weighted by Gasteiger charge is -2.07. The van der Waals surface area contributed by atoms with Gasteiger partial charge >= 0.3 is 5.97 Å². The quantitative estimate of drug-likeness (QED) is 0.901. The zero-order valence-corrected chi connectivity index (χ0v) is 9.47. The molecule has 0 unspecified atom stereocenters. The van der Waals surface area contributed by atoms with Crippen molar-refractivity contribution >= 4 is 5.97 Å². The van der Waals surface area contributed by atoms with Crippen LogP contribution in [-0.2, 0) is 6.61 Å². The second-order valence-corrected chi connectivity index (χ2v) is 3.72. The Bertz CT molecular complexity index is 552. The molecule has 0 aliphatic rings. The van der Waals surface area contributed by atoms with Crippen molar-refractivity contribution in [2.24, 2.45) is 0 Å². The average molecular weight is 246 g/mol. The van der Waals surface area contributed by atoms with Gasteiger partial charge in [-0.25, -0.2) is 9.18 Å². The standard InChI is InChI=1S/C14H11FO3/c15-13-7-6-10(8-12(13)14(16)17)9-18-11-4-2-1-3-5-11/h1-8H,9H2,(H,16,17). The first-order valence-electron chi connectivity index (χ1n) is 5.36. The minimum Gasteiger partial charge on any atom is -0.489 e. The van der Waals surface area contributed by atoms with Crippen LogP contribution in [0.4, 0.5) is 4.39 Å². The zero-order chi connectivity index (χ0) is 13.0. The number of rotatable bonds is 4. The SMILES string of the molecule is O=C(O)c1cc(COc2ccccc2)ccc1F. The highest BCUT2D eigenvalue weighted by Crippen LogP contribution is 2.14. The minimum atomic E-state index is -1.28. The summed E-state index contributed by atoms with van der Waals surface area (Å²) in [4.78, 5) is 10.8. The molecule has 0 aromatic heterocycles. The van der Waals surface area contributed by atoms with Crippen LogP contribution < -0.4 is 4.74 Å². The molecule has 3 nitrogen and oxygen atoms in total. The normalized spacial score (nSPS) is 10.1. The van der Waals surface area contributed by atoms with Gasteiger partial charge < -0.3 is 9.84 Å². The van der Waals surface area contributed by atoms with Gasteiger partial charge in [0.1, 0.15) is 18.2 Å². The van der Waals surface area contributed by atoms with Gasteiger partial charge in [0.2, 0.25) is 0 Å². The van der Waals surface area contributed by atoms with E-state index < -0.39 is 11.8 Å². The Morgan fingerprint density at radius 2 is 1.89 bits per heavy atom. The molecular formula is C14H11FO3. The van der Waals surface area contributed by atoms with Crippen LogP contribution in [0, 0.1) is 5.82 Å². The Hall–Kier alpha value is -2.36. The van der Waals surface area contributed by atoms with E-state index in [2.05, 4.69) is 0 Å². The number of halogens is 1. The molecule has 92 valence electrons. The van der Waals surface area contributed by atoms with Crippen LogP contribution in [0.2, 0.25) is 0 Å². The zero-order valence-electron chi connectivity index (χ0n) is 9.47. The Labute approximate surface area is 103 Å². The second-order valence-electron chi connectivity index (χ2n) is 3.72. The highest BCUT2D eigenvalue weighted by atomic mass is 19.1. The predicted molar refractivity (Wildman–Crippen MR) is 64.1 cm³/mol. The lowest BCUT2D eigenvalue weighted by atomic mass is 10.1. The Balaban J connectivity index is 2.11. The molecule has 0 bridgehead atoms. The van der Waals surface area contributed by atoms with Crippen LogP contribution >= 0.6 is 0 Å². The fraction of sp³-hybridized carbons (Fsp3) is 0.0714. The largest absolute Gasteiger partial charge is 0.489 e. The molecule has 0 heterocycles. The van der Waals surface area contributed by atoms with Crippen LogP contribution in [0.5, 0.6) is 5.75 Å². The van der Waals surface area contributed by atoms with Crippen molar-refractivity contribution < 1.29 is 19.0 Å². The monoisotopic (exact) mass is 246 g/mol. The van der Waals surface area contributed by atoms with Crippen molar-refractivity contribution in [3.63, 3.8) is 0 Å². The molecule has 1 N–H and O–H groups in total. The lowest BCUT2D eigenvalue weighted by Crippen LogP contribution is -2.03. The summed E-state index contributed by atoms with van der Waals surface area (Å²) >= 11 is 0. The number of carboxylic acids is 1. The van der Waals surface area contributed by atoms with Crippen LogP contribution in [0.25, 0.3) is 0 Å². The van der Waals surface area contributed by atoms with E-state index in [4.69, 9.17) is 9.84 Å². The van der Waals surface area contributed by atoms with Crippen molar-refractivity contribution in [1.29, 1.82) is 0 Å². The molecule has 0 amide bonds. The topological polar surface area (TPSA) is 46.5 Å². The number of benzene rings is 2. The molecule has 0 fully saturated rings. The van der Waals surface area contributed by atoms with E-state index in [1.807, 2.05) is 18.2 Å². The van der Waals surface area contributed by atoms with Gasteiger partial charge in [-0.15, -0.1) is 0 Å². The van der Waals surface area contributed by atoms with Crippen molar-refractivity contribution in [3.8, 4) is 5.75 Å². The number of para-hydroxylation sites is 1. The number of carbonyl (C=O) groups is 1. The second kappa shape index (κ2) is 5.31. The average Bonchev–Trinajstić information content (AvgIpc) is 2.38. The van der Waals surface area contributed by atoms with Crippen molar-refractivity contribution in [2.45, 2.75) is 6.61 Å². The first kappa shape index (κ1) is 12.1. The smallest absolute Gasteiger partial charge is 0.338 e.